The molecule has 22 heavy (non-hydrogen) atoms. The number of carbonyl (C=O) groups is 1. The Labute approximate surface area is 130 Å². The molecule has 2 amide bonds. The molecule has 0 aromatic heterocycles. The fourth-order valence-corrected chi connectivity index (χ4v) is 2.16. The fourth-order valence-electron chi connectivity index (χ4n) is 2.16. The van der Waals surface area contributed by atoms with Crippen molar-refractivity contribution in [2.75, 3.05) is 63.6 Å². The van der Waals surface area contributed by atoms with E-state index in [2.05, 4.69) is 15.5 Å². The Morgan fingerprint density at radius 1 is 1.27 bits per heavy atom. The summed E-state index contributed by atoms with van der Waals surface area (Å²) in [6.45, 7) is 4.14. The Hall–Kier alpha value is -1.83. The third-order valence-electron chi connectivity index (χ3n) is 3.27. The summed E-state index contributed by atoms with van der Waals surface area (Å²) in [4.78, 5) is 14.1. The minimum Gasteiger partial charge on any atom is -0.382 e. The summed E-state index contributed by atoms with van der Waals surface area (Å²) in [5.41, 5.74) is 1.78. The molecule has 7 heteroatoms. The van der Waals surface area contributed by atoms with Gasteiger partial charge in [0, 0.05) is 20.2 Å². The molecule has 0 atom stereocenters. The second kappa shape index (κ2) is 9.24. The zero-order valence-electron chi connectivity index (χ0n) is 12.8. The second-order valence-corrected chi connectivity index (χ2v) is 4.79. The van der Waals surface area contributed by atoms with Crippen LogP contribution in [-0.4, -0.2) is 59.4 Å². The number of nitrogens with zero attached hydrogens (tertiary/aromatic N) is 1. The van der Waals surface area contributed by atoms with Crippen molar-refractivity contribution in [3.05, 3.63) is 24.3 Å². The van der Waals surface area contributed by atoms with E-state index < -0.39 is 0 Å². The van der Waals surface area contributed by atoms with Crippen molar-refractivity contribution in [1.82, 2.24) is 5.32 Å². The van der Waals surface area contributed by atoms with Crippen molar-refractivity contribution in [3.8, 4) is 0 Å². The van der Waals surface area contributed by atoms with E-state index in [1.165, 1.54) is 0 Å². The van der Waals surface area contributed by atoms with E-state index in [0.29, 0.717) is 26.4 Å². The number of benzene rings is 1. The lowest BCUT2D eigenvalue weighted by atomic mass is 10.2. The molecule has 1 fully saturated rings. The van der Waals surface area contributed by atoms with Gasteiger partial charge in [0.1, 0.15) is 6.73 Å². The highest BCUT2D eigenvalue weighted by Gasteiger charge is 2.15. The molecule has 122 valence electrons. The van der Waals surface area contributed by atoms with Gasteiger partial charge in [0.05, 0.1) is 37.8 Å². The third-order valence-corrected chi connectivity index (χ3v) is 3.27. The number of rotatable bonds is 7. The summed E-state index contributed by atoms with van der Waals surface area (Å²) in [6.07, 6.45) is 0. The highest BCUT2D eigenvalue weighted by atomic mass is 16.5. The van der Waals surface area contributed by atoms with Gasteiger partial charge in [0.15, 0.2) is 0 Å². The van der Waals surface area contributed by atoms with E-state index in [1.54, 1.807) is 7.11 Å². The van der Waals surface area contributed by atoms with Gasteiger partial charge in [0.25, 0.3) is 0 Å². The van der Waals surface area contributed by atoms with Crippen LogP contribution in [0.25, 0.3) is 0 Å². The molecule has 0 radical (unpaired) electrons. The van der Waals surface area contributed by atoms with Crippen molar-refractivity contribution >= 4 is 17.4 Å². The maximum Gasteiger partial charge on any atom is 0.321 e. The Morgan fingerprint density at radius 2 is 2.05 bits per heavy atom. The second-order valence-electron chi connectivity index (χ2n) is 4.79. The molecule has 1 aliphatic rings. The number of para-hydroxylation sites is 2. The molecular weight excluding hydrogens is 286 g/mol. The van der Waals surface area contributed by atoms with Crippen LogP contribution >= 0.6 is 0 Å². The van der Waals surface area contributed by atoms with Gasteiger partial charge in [-0.05, 0) is 12.1 Å². The normalized spacial score (nSPS) is 14.7. The summed E-state index contributed by atoms with van der Waals surface area (Å²) < 4.78 is 15.4. The number of nitrogens with one attached hydrogen (secondary N) is 2. The van der Waals surface area contributed by atoms with Crippen molar-refractivity contribution in [3.63, 3.8) is 0 Å². The maximum atomic E-state index is 11.9. The predicted molar refractivity (Wildman–Crippen MR) is 84.3 cm³/mol. The summed E-state index contributed by atoms with van der Waals surface area (Å²) in [5.74, 6) is 0. The Bertz CT molecular complexity index is 464. The van der Waals surface area contributed by atoms with E-state index in [-0.39, 0.29) is 12.8 Å². The van der Waals surface area contributed by atoms with E-state index in [0.717, 1.165) is 24.5 Å². The van der Waals surface area contributed by atoms with E-state index >= 15 is 0 Å². The molecule has 1 aromatic carbocycles. The zero-order chi connectivity index (χ0) is 15.6. The van der Waals surface area contributed by atoms with Gasteiger partial charge < -0.3 is 29.7 Å². The number of anilines is 2. The lowest BCUT2D eigenvalue weighted by Gasteiger charge is -2.30. The van der Waals surface area contributed by atoms with Gasteiger partial charge in [-0.1, -0.05) is 12.1 Å². The highest BCUT2D eigenvalue weighted by molar-refractivity contribution is 5.93. The average molecular weight is 309 g/mol. The van der Waals surface area contributed by atoms with E-state index in [1.807, 2.05) is 24.3 Å². The number of hydrogen-bond acceptors (Lipinski definition) is 5. The average Bonchev–Trinajstić information content (AvgIpc) is 2.56. The van der Waals surface area contributed by atoms with Crippen LogP contribution in [0.2, 0.25) is 0 Å². The van der Waals surface area contributed by atoms with Gasteiger partial charge in [-0.2, -0.15) is 0 Å². The molecule has 0 spiro atoms. The fraction of sp³-hybridized carbons (Fsp3) is 0.533. The van der Waals surface area contributed by atoms with Gasteiger partial charge >= 0.3 is 6.03 Å². The third kappa shape index (κ3) is 5.18. The summed E-state index contributed by atoms with van der Waals surface area (Å²) >= 11 is 0. The molecule has 0 aliphatic carbocycles. The Morgan fingerprint density at radius 3 is 2.82 bits per heavy atom. The van der Waals surface area contributed by atoms with Crippen LogP contribution in [0.4, 0.5) is 16.2 Å². The van der Waals surface area contributed by atoms with Crippen LogP contribution in [0, 0.1) is 0 Å². The number of urea groups is 1. The first kappa shape index (κ1) is 16.5. The molecule has 2 rings (SSSR count). The van der Waals surface area contributed by atoms with Crippen LogP contribution < -0.4 is 15.5 Å². The summed E-state index contributed by atoms with van der Waals surface area (Å²) in [6, 6.07) is 7.45. The standard InChI is InChI=1S/C15H23N3O4/c1-20-10-11-22-12-16-15(19)17-13-4-2-3-5-14(13)18-6-8-21-9-7-18/h2-5H,6-12H2,1H3,(H2,16,17,19). The van der Waals surface area contributed by atoms with Gasteiger partial charge in [-0.15, -0.1) is 0 Å². The van der Waals surface area contributed by atoms with Crippen molar-refractivity contribution < 1.29 is 19.0 Å². The molecule has 1 aromatic rings. The monoisotopic (exact) mass is 309 g/mol. The van der Waals surface area contributed by atoms with Crippen LogP contribution in [-0.2, 0) is 14.2 Å². The molecule has 1 aliphatic heterocycles. The molecule has 0 unspecified atom stereocenters. The van der Waals surface area contributed by atoms with E-state index in [9.17, 15) is 4.79 Å². The molecule has 0 saturated carbocycles. The largest absolute Gasteiger partial charge is 0.382 e. The molecule has 7 nitrogen and oxygen atoms in total. The number of ether oxygens (including phenoxy) is 3. The first-order chi connectivity index (χ1) is 10.8. The number of methoxy groups -OCH3 is 1. The SMILES string of the molecule is COCCOCNC(=O)Nc1ccccc1N1CCOCC1. The van der Waals surface area contributed by atoms with Gasteiger partial charge in [0.2, 0.25) is 0 Å². The van der Waals surface area contributed by atoms with Gasteiger partial charge in [-0.25, -0.2) is 4.79 Å². The number of hydrogen-bond donors (Lipinski definition) is 2. The van der Waals surface area contributed by atoms with Crippen LogP contribution in [0.1, 0.15) is 0 Å². The molecular formula is C15H23N3O4. The van der Waals surface area contributed by atoms with Gasteiger partial charge in [-0.3, -0.25) is 0 Å². The Kier molecular flexibility index (Phi) is 6.95. The minimum atomic E-state index is -0.293. The molecule has 0 bridgehead atoms. The maximum absolute atomic E-state index is 11.9. The molecule has 1 saturated heterocycles. The Balaban J connectivity index is 1.85. The van der Waals surface area contributed by atoms with Crippen LogP contribution in [0.15, 0.2) is 24.3 Å². The smallest absolute Gasteiger partial charge is 0.321 e. The molecule has 2 N–H and O–H groups in total. The quantitative estimate of drug-likeness (QED) is 0.586. The zero-order valence-corrected chi connectivity index (χ0v) is 12.8. The lowest BCUT2D eigenvalue weighted by molar-refractivity contribution is 0.0650. The first-order valence-electron chi connectivity index (χ1n) is 7.34. The number of amides is 2. The first-order valence-corrected chi connectivity index (χ1v) is 7.34. The minimum absolute atomic E-state index is 0.148. The summed E-state index contributed by atoms with van der Waals surface area (Å²) in [5, 5.41) is 5.50. The number of carbonyl (C=O) groups excluding carboxylic acids is 1. The van der Waals surface area contributed by atoms with E-state index in [4.69, 9.17) is 14.2 Å². The lowest BCUT2D eigenvalue weighted by Crippen LogP contribution is -2.37. The summed E-state index contributed by atoms with van der Waals surface area (Å²) in [7, 11) is 1.60. The highest BCUT2D eigenvalue weighted by Crippen LogP contribution is 2.26. The van der Waals surface area contributed by atoms with Crippen molar-refractivity contribution in [1.29, 1.82) is 0 Å². The number of morpholine rings is 1. The van der Waals surface area contributed by atoms with Crippen LogP contribution in [0.5, 0.6) is 0 Å². The predicted octanol–water partition coefficient (Wildman–Crippen LogP) is 1.27. The van der Waals surface area contributed by atoms with Crippen molar-refractivity contribution in [2.45, 2.75) is 0 Å². The van der Waals surface area contributed by atoms with Crippen LogP contribution in [0.3, 0.4) is 0 Å². The molecule has 1 heterocycles. The van der Waals surface area contributed by atoms with Crippen molar-refractivity contribution in [2.24, 2.45) is 0 Å². The topological polar surface area (TPSA) is 72.1 Å².